The lowest BCUT2D eigenvalue weighted by Crippen LogP contribution is -2.14. The summed E-state index contributed by atoms with van der Waals surface area (Å²) in [6.45, 7) is 5.01. The molecule has 108 valence electrons. The average Bonchev–Trinajstić information content (AvgIpc) is 2.91. The van der Waals surface area contributed by atoms with Crippen molar-refractivity contribution >= 4 is 5.69 Å². The van der Waals surface area contributed by atoms with E-state index in [4.69, 9.17) is 15.2 Å². The van der Waals surface area contributed by atoms with Crippen LogP contribution in [-0.2, 0) is 4.74 Å². The molecule has 0 radical (unpaired) electrons. The molecule has 1 unspecified atom stereocenters. The van der Waals surface area contributed by atoms with Gasteiger partial charge in [0.25, 0.3) is 0 Å². The number of nitrogens with two attached hydrogens (primary N) is 1. The molecule has 1 heterocycles. The van der Waals surface area contributed by atoms with Crippen LogP contribution < -0.4 is 10.5 Å². The number of anilines is 1. The summed E-state index contributed by atoms with van der Waals surface area (Å²) in [5.74, 6) is 1.32. The highest BCUT2D eigenvalue weighted by Gasteiger charge is 2.15. The van der Waals surface area contributed by atoms with E-state index in [9.17, 15) is 0 Å². The third-order valence-electron chi connectivity index (χ3n) is 2.89. The van der Waals surface area contributed by atoms with Gasteiger partial charge in [0, 0.05) is 12.7 Å². The largest absolute Gasteiger partial charge is 0.492 e. The molecule has 1 aromatic heterocycles. The fourth-order valence-corrected chi connectivity index (χ4v) is 1.97. The first kappa shape index (κ1) is 14.3. The summed E-state index contributed by atoms with van der Waals surface area (Å²) in [7, 11) is 1.65. The van der Waals surface area contributed by atoms with E-state index in [0.29, 0.717) is 30.5 Å². The van der Waals surface area contributed by atoms with Crippen molar-refractivity contribution in [3.63, 3.8) is 0 Å². The van der Waals surface area contributed by atoms with Crippen LogP contribution in [-0.4, -0.2) is 40.5 Å². The Morgan fingerprint density at radius 3 is 2.85 bits per heavy atom. The van der Waals surface area contributed by atoms with Crippen LogP contribution in [0.2, 0.25) is 0 Å². The molecule has 2 rings (SSSR count). The molecule has 2 aromatic rings. The topological polar surface area (TPSA) is 88.1 Å². The predicted octanol–water partition coefficient (Wildman–Crippen LogP) is 1.53. The molecule has 0 aliphatic carbocycles. The molecule has 0 saturated heterocycles. The fourth-order valence-electron chi connectivity index (χ4n) is 1.97. The smallest absolute Gasteiger partial charge is 0.182 e. The van der Waals surface area contributed by atoms with Gasteiger partial charge in [0.05, 0.1) is 24.9 Å². The average molecular weight is 277 g/mol. The van der Waals surface area contributed by atoms with Gasteiger partial charge in [0.2, 0.25) is 0 Å². The van der Waals surface area contributed by atoms with Crippen molar-refractivity contribution in [1.82, 2.24) is 20.2 Å². The summed E-state index contributed by atoms with van der Waals surface area (Å²) < 4.78 is 12.3. The maximum Gasteiger partial charge on any atom is 0.182 e. The second-order valence-electron chi connectivity index (χ2n) is 4.44. The normalized spacial score (nSPS) is 12.3. The van der Waals surface area contributed by atoms with Crippen molar-refractivity contribution in [2.75, 3.05) is 26.1 Å². The van der Waals surface area contributed by atoms with Gasteiger partial charge in [-0.05, 0) is 42.5 Å². The molecule has 7 heteroatoms. The lowest BCUT2D eigenvalue weighted by molar-refractivity contribution is 0.156. The van der Waals surface area contributed by atoms with Gasteiger partial charge in [-0.25, -0.2) is 4.68 Å². The Balaban J connectivity index is 2.33. The number of aromatic nitrogens is 4. The van der Waals surface area contributed by atoms with Crippen molar-refractivity contribution in [2.24, 2.45) is 0 Å². The molecule has 0 fully saturated rings. The fraction of sp³-hybridized carbons (Fsp3) is 0.462. The molecule has 0 bridgehead atoms. The minimum Gasteiger partial charge on any atom is -0.492 e. The molecule has 1 aromatic carbocycles. The van der Waals surface area contributed by atoms with E-state index in [2.05, 4.69) is 15.5 Å². The van der Waals surface area contributed by atoms with E-state index in [-0.39, 0.29) is 6.04 Å². The lowest BCUT2D eigenvalue weighted by Gasteiger charge is -2.13. The van der Waals surface area contributed by atoms with Gasteiger partial charge in [0.15, 0.2) is 5.82 Å². The van der Waals surface area contributed by atoms with E-state index in [1.165, 1.54) is 0 Å². The van der Waals surface area contributed by atoms with Crippen LogP contribution in [0.25, 0.3) is 11.4 Å². The number of methoxy groups -OCH3 is 1. The minimum absolute atomic E-state index is 0.0396. The number of nitrogens with zero attached hydrogens (tertiary/aromatic N) is 4. The standard InChI is InChI=1S/C13H19N5O2/c1-4-20-12-6-5-10(7-11(12)14)13-15-16-17-18(13)9(2)8-19-3/h5-7,9H,4,8,14H2,1-3H3. The monoisotopic (exact) mass is 277 g/mol. The van der Waals surface area contributed by atoms with Gasteiger partial charge in [-0.3, -0.25) is 0 Å². The molecule has 0 amide bonds. The van der Waals surface area contributed by atoms with Crippen molar-refractivity contribution in [3.05, 3.63) is 18.2 Å². The zero-order chi connectivity index (χ0) is 14.5. The van der Waals surface area contributed by atoms with Gasteiger partial charge < -0.3 is 15.2 Å². The van der Waals surface area contributed by atoms with Crippen LogP contribution in [0.5, 0.6) is 5.75 Å². The van der Waals surface area contributed by atoms with E-state index in [1.807, 2.05) is 32.0 Å². The van der Waals surface area contributed by atoms with E-state index >= 15 is 0 Å². The molecule has 7 nitrogen and oxygen atoms in total. The molecule has 2 N–H and O–H groups in total. The summed E-state index contributed by atoms with van der Waals surface area (Å²) in [4.78, 5) is 0. The first-order chi connectivity index (χ1) is 9.67. The molecule has 0 aliphatic heterocycles. The third kappa shape index (κ3) is 2.88. The van der Waals surface area contributed by atoms with Crippen LogP contribution in [0, 0.1) is 0 Å². The first-order valence-corrected chi connectivity index (χ1v) is 6.46. The number of tetrazole rings is 1. The highest BCUT2D eigenvalue weighted by molar-refractivity contribution is 5.66. The first-order valence-electron chi connectivity index (χ1n) is 6.46. The minimum atomic E-state index is 0.0396. The third-order valence-corrected chi connectivity index (χ3v) is 2.89. The Bertz CT molecular complexity index is 570. The van der Waals surface area contributed by atoms with Gasteiger partial charge >= 0.3 is 0 Å². The van der Waals surface area contributed by atoms with Crippen LogP contribution in [0.3, 0.4) is 0 Å². The summed E-state index contributed by atoms with van der Waals surface area (Å²) in [5.41, 5.74) is 7.38. The van der Waals surface area contributed by atoms with Crippen molar-refractivity contribution in [2.45, 2.75) is 19.9 Å². The van der Waals surface area contributed by atoms with Gasteiger partial charge in [-0.2, -0.15) is 0 Å². The molecular formula is C13H19N5O2. The second kappa shape index (κ2) is 6.33. The molecule has 1 atom stereocenters. The van der Waals surface area contributed by atoms with Crippen LogP contribution in [0.4, 0.5) is 5.69 Å². The molecular weight excluding hydrogens is 258 g/mol. The number of nitrogen functional groups attached to an aromatic ring is 1. The number of rotatable bonds is 6. The van der Waals surface area contributed by atoms with Gasteiger partial charge in [-0.1, -0.05) is 0 Å². The second-order valence-corrected chi connectivity index (χ2v) is 4.44. The van der Waals surface area contributed by atoms with E-state index < -0.39 is 0 Å². The number of hydrogen-bond donors (Lipinski definition) is 1. The number of hydrogen-bond acceptors (Lipinski definition) is 6. The zero-order valence-electron chi connectivity index (χ0n) is 11.9. The Kier molecular flexibility index (Phi) is 4.52. The highest BCUT2D eigenvalue weighted by atomic mass is 16.5. The molecule has 20 heavy (non-hydrogen) atoms. The van der Waals surface area contributed by atoms with Crippen molar-refractivity contribution in [1.29, 1.82) is 0 Å². The summed E-state index contributed by atoms with van der Waals surface area (Å²) in [6.07, 6.45) is 0. The van der Waals surface area contributed by atoms with Gasteiger partial charge in [0.1, 0.15) is 5.75 Å². The zero-order valence-corrected chi connectivity index (χ0v) is 11.9. The number of benzene rings is 1. The van der Waals surface area contributed by atoms with Crippen LogP contribution in [0.15, 0.2) is 18.2 Å². The number of ether oxygens (including phenoxy) is 2. The molecule has 0 saturated carbocycles. The Morgan fingerprint density at radius 1 is 1.40 bits per heavy atom. The quantitative estimate of drug-likeness (QED) is 0.805. The molecule has 0 aliphatic rings. The summed E-state index contributed by atoms with van der Waals surface area (Å²) in [6, 6.07) is 5.57. The van der Waals surface area contributed by atoms with Gasteiger partial charge in [-0.15, -0.1) is 5.10 Å². The molecule has 0 spiro atoms. The lowest BCUT2D eigenvalue weighted by atomic mass is 10.1. The predicted molar refractivity (Wildman–Crippen MR) is 75.4 cm³/mol. The van der Waals surface area contributed by atoms with Crippen LogP contribution in [0.1, 0.15) is 19.9 Å². The summed E-state index contributed by atoms with van der Waals surface area (Å²) in [5, 5.41) is 11.8. The maximum absolute atomic E-state index is 5.97. The summed E-state index contributed by atoms with van der Waals surface area (Å²) >= 11 is 0. The highest BCUT2D eigenvalue weighted by Crippen LogP contribution is 2.28. The maximum atomic E-state index is 5.97. The SMILES string of the molecule is CCOc1ccc(-c2nnnn2C(C)COC)cc1N. The van der Waals surface area contributed by atoms with E-state index in [1.54, 1.807) is 11.8 Å². The van der Waals surface area contributed by atoms with Crippen molar-refractivity contribution < 1.29 is 9.47 Å². The van der Waals surface area contributed by atoms with E-state index in [0.717, 1.165) is 5.56 Å². The van der Waals surface area contributed by atoms with Crippen molar-refractivity contribution in [3.8, 4) is 17.1 Å². The Labute approximate surface area is 117 Å². The Morgan fingerprint density at radius 2 is 2.20 bits per heavy atom. The Hall–Kier alpha value is -2.15. The van der Waals surface area contributed by atoms with Crippen LogP contribution >= 0.6 is 0 Å².